The minimum atomic E-state index is -0.726. The molecule has 0 aliphatic heterocycles. The van der Waals surface area contributed by atoms with Crippen LogP contribution in [0.25, 0.3) is 11.1 Å². The Labute approximate surface area is 135 Å². The molecule has 0 amide bonds. The van der Waals surface area contributed by atoms with Crippen LogP contribution in [0.15, 0.2) is 48.5 Å². The van der Waals surface area contributed by atoms with E-state index in [0.29, 0.717) is 19.6 Å². The molecule has 0 fully saturated rings. The Morgan fingerprint density at radius 3 is 2.22 bits per heavy atom. The van der Waals surface area contributed by atoms with Gasteiger partial charge in [0.25, 0.3) is 0 Å². The minimum absolute atomic E-state index is 0.00673. The number of aliphatic hydroxyl groups excluding tert-OH is 1. The lowest BCUT2D eigenvalue weighted by molar-refractivity contribution is -0.146. The van der Waals surface area contributed by atoms with Gasteiger partial charge in [-0.15, -0.1) is 0 Å². The first kappa shape index (κ1) is 15.7. The van der Waals surface area contributed by atoms with Crippen molar-refractivity contribution in [1.82, 2.24) is 0 Å². The SMILES string of the molecule is NCCC(O)CC(=O)OCC1c2ccccc2-c2ccccc21. The molecule has 1 aliphatic rings. The fourth-order valence-corrected chi connectivity index (χ4v) is 3.16. The van der Waals surface area contributed by atoms with Gasteiger partial charge in [0.1, 0.15) is 6.61 Å². The van der Waals surface area contributed by atoms with Gasteiger partial charge in [-0.3, -0.25) is 4.79 Å². The van der Waals surface area contributed by atoms with Gasteiger partial charge in [-0.05, 0) is 35.2 Å². The van der Waals surface area contributed by atoms with E-state index in [1.807, 2.05) is 24.3 Å². The van der Waals surface area contributed by atoms with E-state index in [-0.39, 0.29) is 18.3 Å². The summed E-state index contributed by atoms with van der Waals surface area (Å²) in [5, 5.41) is 9.65. The summed E-state index contributed by atoms with van der Waals surface area (Å²) in [6.45, 7) is 0.653. The number of carbonyl (C=O) groups excluding carboxylic acids is 1. The van der Waals surface area contributed by atoms with Gasteiger partial charge in [-0.25, -0.2) is 0 Å². The lowest BCUT2D eigenvalue weighted by atomic mass is 9.98. The van der Waals surface area contributed by atoms with Crippen molar-refractivity contribution in [3.05, 3.63) is 59.7 Å². The molecule has 120 valence electrons. The number of hydrogen-bond donors (Lipinski definition) is 2. The Kier molecular flexibility index (Phi) is 4.74. The maximum Gasteiger partial charge on any atom is 0.308 e. The van der Waals surface area contributed by atoms with Crippen molar-refractivity contribution in [2.24, 2.45) is 5.73 Å². The summed E-state index contributed by atoms with van der Waals surface area (Å²) in [7, 11) is 0. The number of ether oxygens (including phenoxy) is 1. The third kappa shape index (κ3) is 3.28. The maximum absolute atomic E-state index is 11.9. The molecule has 0 spiro atoms. The number of rotatable bonds is 6. The summed E-state index contributed by atoms with van der Waals surface area (Å²) in [5.74, 6) is -0.328. The summed E-state index contributed by atoms with van der Waals surface area (Å²) < 4.78 is 5.42. The Morgan fingerprint density at radius 1 is 1.09 bits per heavy atom. The van der Waals surface area contributed by atoms with E-state index >= 15 is 0 Å². The number of benzene rings is 2. The highest BCUT2D eigenvalue weighted by molar-refractivity contribution is 5.79. The lowest BCUT2D eigenvalue weighted by Crippen LogP contribution is -2.20. The molecule has 4 heteroatoms. The van der Waals surface area contributed by atoms with Crippen LogP contribution in [0.5, 0.6) is 0 Å². The molecule has 0 heterocycles. The minimum Gasteiger partial charge on any atom is -0.465 e. The topological polar surface area (TPSA) is 72.5 Å². The predicted octanol–water partition coefficient (Wildman–Crippen LogP) is 2.44. The van der Waals surface area contributed by atoms with Crippen LogP contribution in [0, 0.1) is 0 Å². The molecule has 0 bridgehead atoms. The molecule has 0 radical (unpaired) electrons. The standard InChI is InChI=1S/C19H21NO3/c20-10-9-13(21)11-19(22)23-12-18-16-7-3-1-5-14(16)15-6-2-4-8-17(15)18/h1-8,13,18,21H,9-12,20H2. The molecule has 3 N–H and O–H groups in total. The van der Waals surface area contributed by atoms with Crippen LogP contribution >= 0.6 is 0 Å². The van der Waals surface area contributed by atoms with Gasteiger partial charge >= 0.3 is 5.97 Å². The Hall–Kier alpha value is -2.17. The number of fused-ring (bicyclic) bond motifs is 3. The number of aliphatic hydroxyl groups is 1. The van der Waals surface area contributed by atoms with Gasteiger partial charge in [-0.1, -0.05) is 48.5 Å². The summed E-state index contributed by atoms with van der Waals surface area (Å²) in [5.41, 5.74) is 10.1. The molecule has 1 unspecified atom stereocenters. The van der Waals surface area contributed by atoms with E-state index < -0.39 is 6.10 Å². The van der Waals surface area contributed by atoms with Gasteiger partial charge < -0.3 is 15.6 Å². The molecule has 23 heavy (non-hydrogen) atoms. The first-order valence-corrected chi connectivity index (χ1v) is 7.92. The van der Waals surface area contributed by atoms with Gasteiger partial charge in [0, 0.05) is 5.92 Å². The van der Waals surface area contributed by atoms with Crippen molar-refractivity contribution in [1.29, 1.82) is 0 Å². The van der Waals surface area contributed by atoms with Crippen molar-refractivity contribution in [2.75, 3.05) is 13.2 Å². The summed E-state index contributed by atoms with van der Waals surface area (Å²) in [4.78, 5) is 11.9. The van der Waals surface area contributed by atoms with Crippen molar-refractivity contribution < 1.29 is 14.6 Å². The molecule has 1 aliphatic carbocycles. The highest BCUT2D eigenvalue weighted by atomic mass is 16.5. The van der Waals surface area contributed by atoms with Crippen LogP contribution in [0.3, 0.4) is 0 Å². The van der Waals surface area contributed by atoms with E-state index in [2.05, 4.69) is 24.3 Å². The molecule has 2 aromatic carbocycles. The monoisotopic (exact) mass is 311 g/mol. The second kappa shape index (κ2) is 6.94. The Balaban J connectivity index is 1.72. The maximum atomic E-state index is 11.9. The molecule has 3 rings (SSSR count). The predicted molar refractivity (Wildman–Crippen MR) is 89.0 cm³/mol. The highest BCUT2D eigenvalue weighted by Crippen LogP contribution is 2.44. The Morgan fingerprint density at radius 2 is 1.65 bits per heavy atom. The van der Waals surface area contributed by atoms with Crippen LogP contribution in [-0.2, 0) is 9.53 Å². The van der Waals surface area contributed by atoms with E-state index in [4.69, 9.17) is 10.5 Å². The second-order valence-electron chi connectivity index (χ2n) is 5.85. The fraction of sp³-hybridized carbons (Fsp3) is 0.316. The summed E-state index contributed by atoms with van der Waals surface area (Å²) in [6.07, 6.45) is -0.326. The number of esters is 1. The number of nitrogens with two attached hydrogens (primary N) is 1. The second-order valence-corrected chi connectivity index (χ2v) is 5.85. The van der Waals surface area contributed by atoms with E-state index in [1.165, 1.54) is 22.3 Å². The zero-order chi connectivity index (χ0) is 16.2. The zero-order valence-electron chi connectivity index (χ0n) is 12.9. The smallest absolute Gasteiger partial charge is 0.308 e. The van der Waals surface area contributed by atoms with Crippen LogP contribution in [0.1, 0.15) is 29.9 Å². The van der Waals surface area contributed by atoms with Crippen LogP contribution in [-0.4, -0.2) is 30.3 Å². The lowest BCUT2D eigenvalue weighted by Gasteiger charge is -2.15. The van der Waals surface area contributed by atoms with Gasteiger partial charge in [-0.2, -0.15) is 0 Å². The third-order valence-corrected chi connectivity index (χ3v) is 4.28. The van der Waals surface area contributed by atoms with Gasteiger partial charge in [0.15, 0.2) is 0 Å². The third-order valence-electron chi connectivity index (χ3n) is 4.28. The summed E-state index contributed by atoms with van der Waals surface area (Å²) in [6, 6.07) is 16.4. The highest BCUT2D eigenvalue weighted by Gasteiger charge is 2.29. The van der Waals surface area contributed by atoms with Crippen LogP contribution < -0.4 is 5.73 Å². The van der Waals surface area contributed by atoms with Gasteiger partial charge in [0.2, 0.25) is 0 Å². The van der Waals surface area contributed by atoms with Crippen molar-refractivity contribution >= 4 is 5.97 Å². The number of hydrogen-bond acceptors (Lipinski definition) is 4. The first-order valence-electron chi connectivity index (χ1n) is 7.92. The quantitative estimate of drug-likeness (QED) is 0.804. The largest absolute Gasteiger partial charge is 0.465 e. The summed E-state index contributed by atoms with van der Waals surface area (Å²) >= 11 is 0. The average Bonchev–Trinajstić information content (AvgIpc) is 2.87. The molecular weight excluding hydrogens is 290 g/mol. The van der Waals surface area contributed by atoms with E-state index in [9.17, 15) is 9.90 Å². The average molecular weight is 311 g/mol. The molecule has 2 aromatic rings. The van der Waals surface area contributed by atoms with E-state index in [0.717, 1.165) is 0 Å². The fourth-order valence-electron chi connectivity index (χ4n) is 3.16. The van der Waals surface area contributed by atoms with Gasteiger partial charge in [0.05, 0.1) is 12.5 Å². The number of carbonyl (C=O) groups is 1. The van der Waals surface area contributed by atoms with Crippen LogP contribution in [0.4, 0.5) is 0 Å². The Bertz CT molecular complexity index is 653. The molecular formula is C19H21NO3. The van der Waals surface area contributed by atoms with Crippen molar-refractivity contribution in [3.8, 4) is 11.1 Å². The molecule has 0 saturated carbocycles. The van der Waals surface area contributed by atoms with E-state index in [1.54, 1.807) is 0 Å². The zero-order valence-corrected chi connectivity index (χ0v) is 12.9. The van der Waals surface area contributed by atoms with Crippen molar-refractivity contribution in [3.63, 3.8) is 0 Å². The molecule has 1 atom stereocenters. The molecule has 0 aromatic heterocycles. The molecule has 4 nitrogen and oxygen atoms in total. The van der Waals surface area contributed by atoms with Crippen molar-refractivity contribution in [2.45, 2.75) is 24.9 Å². The normalized spacial score (nSPS) is 14.2. The molecule has 0 saturated heterocycles. The first-order chi connectivity index (χ1) is 11.2. The van der Waals surface area contributed by atoms with Crippen LogP contribution in [0.2, 0.25) is 0 Å².